The predicted molar refractivity (Wildman–Crippen MR) is 72.8 cm³/mol. The van der Waals surface area contributed by atoms with Crippen molar-refractivity contribution >= 4 is 27.4 Å². The number of aryl methyl sites for hydroxylation is 1. The van der Waals surface area contributed by atoms with Crippen LogP contribution in [0.1, 0.15) is 5.69 Å². The van der Waals surface area contributed by atoms with Gasteiger partial charge in [-0.2, -0.15) is 5.10 Å². The van der Waals surface area contributed by atoms with E-state index in [9.17, 15) is 0 Å². The number of rotatable bonds is 4. The van der Waals surface area contributed by atoms with Gasteiger partial charge in [-0.15, -0.1) is 11.3 Å². The van der Waals surface area contributed by atoms with Gasteiger partial charge in [-0.25, -0.2) is 9.97 Å². The minimum absolute atomic E-state index is 0.837. The predicted octanol–water partition coefficient (Wildman–Crippen LogP) is 2.08. The van der Waals surface area contributed by atoms with Crippen molar-refractivity contribution in [3.8, 4) is 0 Å². The van der Waals surface area contributed by atoms with Crippen LogP contribution >= 0.6 is 11.3 Å². The van der Waals surface area contributed by atoms with E-state index in [1.807, 2.05) is 35.4 Å². The molecule has 3 aromatic rings. The molecule has 0 unspecified atom stereocenters. The smallest absolute Gasteiger partial charge is 0.147 e. The first kappa shape index (κ1) is 11.2. The van der Waals surface area contributed by atoms with Gasteiger partial charge in [0.1, 0.15) is 12.1 Å². The molecule has 18 heavy (non-hydrogen) atoms. The molecular weight excluding hydrogens is 246 g/mol. The Bertz CT molecular complexity index is 657. The molecule has 0 bridgehead atoms. The third kappa shape index (κ3) is 2.06. The maximum Gasteiger partial charge on any atom is 0.147 e. The lowest BCUT2D eigenvalue weighted by Gasteiger charge is -2.06. The lowest BCUT2D eigenvalue weighted by molar-refractivity contribution is 0.711. The van der Waals surface area contributed by atoms with Crippen LogP contribution in [0.4, 0.5) is 5.82 Å². The van der Waals surface area contributed by atoms with Crippen molar-refractivity contribution < 1.29 is 0 Å². The van der Waals surface area contributed by atoms with Gasteiger partial charge in [0.15, 0.2) is 0 Å². The Morgan fingerprint density at radius 3 is 3.11 bits per heavy atom. The van der Waals surface area contributed by atoms with Crippen molar-refractivity contribution in [2.45, 2.75) is 6.42 Å². The van der Waals surface area contributed by atoms with Gasteiger partial charge in [0.05, 0.1) is 10.2 Å². The average molecular weight is 259 g/mol. The molecule has 0 aliphatic carbocycles. The zero-order valence-corrected chi connectivity index (χ0v) is 10.8. The molecule has 3 rings (SSSR count). The van der Waals surface area contributed by atoms with E-state index in [0.29, 0.717) is 0 Å². The van der Waals surface area contributed by atoms with E-state index in [2.05, 4.69) is 20.4 Å². The van der Waals surface area contributed by atoms with Crippen LogP contribution in [0.3, 0.4) is 0 Å². The summed E-state index contributed by atoms with van der Waals surface area (Å²) in [6.45, 7) is 0.837. The molecule has 0 saturated carbocycles. The molecule has 0 spiro atoms. The molecule has 0 amide bonds. The highest BCUT2D eigenvalue weighted by Gasteiger charge is 2.04. The van der Waals surface area contributed by atoms with Gasteiger partial charge in [-0.3, -0.25) is 4.68 Å². The first-order chi connectivity index (χ1) is 8.84. The quantitative estimate of drug-likeness (QED) is 0.779. The summed E-state index contributed by atoms with van der Waals surface area (Å²) < 4.78 is 3.00. The fourth-order valence-corrected chi connectivity index (χ4v) is 2.68. The van der Waals surface area contributed by atoms with Gasteiger partial charge in [0.25, 0.3) is 0 Å². The highest BCUT2D eigenvalue weighted by atomic mass is 32.1. The van der Waals surface area contributed by atoms with Crippen molar-refractivity contribution in [1.29, 1.82) is 0 Å². The molecule has 3 heterocycles. The zero-order valence-electron chi connectivity index (χ0n) is 10.00. The van der Waals surface area contributed by atoms with Crippen LogP contribution in [0, 0.1) is 0 Å². The van der Waals surface area contributed by atoms with Gasteiger partial charge in [0, 0.05) is 31.9 Å². The monoisotopic (exact) mass is 259 g/mol. The highest BCUT2D eigenvalue weighted by Crippen LogP contribution is 2.24. The Morgan fingerprint density at radius 1 is 1.33 bits per heavy atom. The van der Waals surface area contributed by atoms with Gasteiger partial charge in [0.2, 0.25) is 0 Å². The molecule has 0 radical (unpaired) electrons. The molecule has 0 aromatic carbocycles. The summed E-state index contributed by atoms with van der Waals surface area (Å²) in [5.41, 5.74) is 2.21. The average Bonchev–Trinajstić information content (AvgIpc) is 2.99. The highest BCUT2D eigenvalue weighted by molar-refractivity contribution is 7.17. The molecule has 0 aliphatic heterocycles. The third-order valence-corrected chi connectivity index (χ3v) is 3.75. The fourth-order valence-electron chi connectivity index (χ4n) is 1.87. The van der Waals surface area contributed by atoms with Crippen LogP contribution in [-0.4, -0.2) is 26.3 Å². The summed E-state index contributed by atoms with van der Waals surface area (Å²) in [4.78, 5) is 8.51. The number of hydrogen-bond acceptors (Lipinski definition) is 5. The van der Waals surface area contributed by atoms with E-state index in [1.54, 1.807) is 17.7 Å². The van der Waals surface area contributed by atoms with E-state index in [4.69, 9.17) is 0 Å². The molecule has 0 atom stereocenters. The van der Waals surface area contributed by atoms with Gasteiger partial charge >= 0.3 is 0 Å². The molecule has 0 fully saturated rings. The summed E-state index contributed by atoms with van der Waals surface area (Å²) in [5.74, 6) is 0.914. The lowest BCUT2D eigenvalue weighted by Crippen LogP contribution is -2.09. The van der Waals surface area contributed by atoms with Crippen LogP contribution in [0.25, 0.3) is 10.2 Å². The summed E-state index contributed by atoms with van der Waals surface area (Å²) in [7, 11) is 1.96. The summed E-state index contributed by atoms with van der Waals surface area (Å²) in [5, 5.41) is 9.54. The number of fused-ring (bicyclic) bond motifs is 1. The number of nitrogens with one attached hydrogen (secondary N) is 1. The first-order valence-corrected chi connectivity index (χ1v) is 6.61. The van der Waals surface area contributed by atoms with Crippen molar-refractivity contribution in [3.05, 3.63) is 35.7 Å². The second kappa shape index (κ2) is 4.73. The molecule has 6 heteroatoms. The Hall–Kier alpha value is -1.95. The molecule has 0 saturated heterocycles. The molecule has 92 valence electrons. The van der Waals surface area contributed by atoms with Crippen LogP contribution in [0.2, 0.25) is 0 Å². The summed E-state index contributed by atoms with van der Waals surface area (Å²) in [6.07, 6.45) is 4.34. The largest absolute Gasteiger partial charge is 0.368 e. The van der Waals surface area contributed by atoms with Gasteiger partial charge in [-0.1, -0.05) is 0 Å². The Kier molecular flexibility index (Phi) is 2.93. The van der Waals surface area contributed by atoms with Crippen LogP contribution < -0.4 is 5.32 Å². The minimum Gasteiger partial charge on any atom is -0.368 e. The molecular formula is C12H13N5S. The van der Waals surface area contributed by atoms with Crippen molar-refractivity contribution in [3.63, 3.8) is 0 Å². The van der Waals surface area contributed by atoms with Crippen LogP contribution in [0.15, 0.2) is 30.0 Å². The lowest BCUT2D eigenvalue weighted by atomic mass is 10.3. The van der Waals surface area contributed by atoms with E-state index in [-0.39, 0.29) is 0 Å². The molecule has 0 aliphatic rings. The maximum absolute atomic E-state index is 4.29. The van der Waals surface area contributed by atoms with Crippen LogP contribution in [0.5, 0.6) is 0 Å². The number of anilines is 1. The van der Waals surface area contributed by atoms with Gasteiger partial charge < -0.3 is 5.32 Å². The van der Waals surface area contributed by atoms with E-state index in [0.717, 1.165) is 29.0 Å². The third-order valence-electron chi connectivity index (χ3n) is 2.84. The molecule has 5 nitrogen and oxygen atoms in total. The van der Waals surface area contributed by atoms with E-state index in [1.165, 1.54) is 5.69 Å². The van der Waals surface area contributed by atoms with E-state index < -0.39 is 0 Å². The van der Waals surface area contributed by atoms with Crippen LogP contribution in [-0.2, 0) is 13.5 Å². The topological polar surface area (TPSA) is 55.6 Å². The Labute approximate surface area is 109 Å². The number of hydrogen-bond donors (Lipinski definition) is 1. The molecule has 1 N–H and O–H groups in total. The molecule has 3 aromatic heterocycles. The fraction of sp³-hybridized carbons (Fsp3) is 0.250. The van der Waals surface area contributed by atoms with Crippen molar-refractivity contribution in [1.82, 2.24) is 19.7 Å². The Balaban J connectivity index is 1.70. The second-order valence-corrected chi connectivity index (χ2v) is 4.90. The summed E-state index contributed by atoms with van der Waals surface area (Å²) in [6, 6.07) is 4.04. The second-order valence-electron chi connectivity index (χ2n) is 3.98. The maximum atomic E-state index is 4.29. The first-order valence-electron chi connectivity index (χ1n) is 5.73. The van der Waals surface area contributed by atoms with E-state index >= 15 is 0 Å². The van der Waals surface area contributed by atoms with Gasteiger partial charge in [-0.05, 0) is 17.5 Å². The van der Waals surface area contributed by atoms with Crippen molar-refractivity contribution in [2.24, 2.45) is 7.05 Å². The van der Waals surface area contributed by atoms with Crippen molar-refractivity contribution in [2.75, 3.05) is 11.9 Å². The minimum atomic E-state index is 0.837. The standard InChI is InChI=1S/C12H13N5S/c1-17-9(3-6-16-17)2-5-13-12-11-10(4-7-18-11)14-8-15-12/h3-4,6-8H,2,5H2,1H3,(H,13,14,15). The number of thiophene rings is 1. The Morgan fingerprint density at radius 2 is 2.28 bits per heavy atom. The number of nitrogens with zero attached hydrogens (tertiary/aromatic N) is 4. The zero-order chi connectivity index (χ0) is 12.4. The SMILES string of the molecule is Cn1nccc1CCNc1ncnc2ccsc12. The number of aromatic nitrogens is 4. The summed E-state index contributed by atoms with van der Waals surface area (Å²) >= 11 is 1.66. The normalized spacial score (nSPS) is 10.9.